The second-order valence-electron chi connectivity index (χ2n) is 5.80. The van der Waals surface area contributed by atoms with Crippen molar-refractivity contribution in [3.05, 3.63) is 30.1 Å². The van der Waals surface area contributed by atoms with Gasteiger partial charge in [0.2, 0.25) is 0 Å². The van der Waals surface area contributed by atoms with Crippen molar-refractivity contribution >= 4 is 0 Å². The molecule has 1 aromatic rings. The molecule has 21 heavy (non-hydrogen) atoms. The maximum absolute atomic E-state index is 5.49. The van der Waals surface area contributed by atoms with Crippen molar-refractivity contribution in [2.24, 2.45) is 0 Å². The van der Waals surface area contributed by atoms with E-state index in [9.17, 15) is 0 Å². The summed E-state index contributed by atoms with van der Waals surface area (Å²) in [5, 5.41) is 0. The molecule has 0 amide bonds. The lowest BCUT2D eigenvalue weighted by atomic mass is 10.1. The molecule has 116 valence electrons. The molecule has 2 aliphatic rings. The molecular weight excluding hydrogens is 266 g/mol. The van der Waals surface area contributed by atoms with E-state index in [1.165, 1.54) is 5.56 Å². The summed E-state index contributed by atoms with van der Waals surface area (Å²) in [6.07, 6.45) is 4.82. The zero-order valence-electron chi connectivity index (χ0n) is 12.8. The van der Waals surface area contributed by atoms with Crippen molar-refractivity contribution in [1.29, 1.82) is 0 Å². The van der Waals surface area contributed by atoms with Gasteiger partial charge in [-0.05, 0) is 18.6 Å². The van der Waals surface area contributed by atoms with Crippen molar-refractivity contribution in [3.8, 4) is 0 Å². The first kappa shape index (κ1) is 14.9. The van der Waals surface area contributed by atoms with Crippen LogP contribution in [-0.2, 0) is 9.47 Å². The van der Waals surface area contributed by atoms with Crippen molar-refractivity contribution < 1.29 is 9.47 Å². The van der Waals surface area contributed by atoms with Gasteiger partial charge in [-0.1, -0.05) is 6.07 Å². The molecule has 0 N–H and O–H groups in total. The van der Waals surface area contributed by atoms with E-state index in [0.29, 0.717) is 6.04 Å². The molecule has 1 aromatic heterocycles. The number of pyridine rings is 1. The molecule has 2 fully saturated rings. The quantitative estimate of drug-likeness (QED) is 0.822. The van der Waals surface area contributed by atoms with Crippen LogP contribution in [0.2, 0.25) is 0 Å². The van der Waals surface area contributed by atoms with E-state index >= 15 is 0 Å². The number of ether oxygens (including phenoxy) is 2. The summed E-state index contributed by atoms with van der Waals surface area (Å²) >= 11 is 0. The molecule has 3 rings (SSSR count). The Morgan fingerprint density at radius 1 is 1.24 bits per heavy atom. The Balaban J connectivity index is 1.42. The van der Waals surface area contributed by atoms with Gasteiger partial charge in [0.15, 0.2) is 6.29 Å². The van der Waals surface area contributed by atoms with Gasteiger partial charge >= 0.3 is 0 Å². The van der Waals surface area contributed by atoms with E-state index in [-0.39, 0.29) is 6.29 Å². The first-order valence-corrected chi connectivity index (χ1v) is 7.92. The number of hydrogen-bond acceptors (Lipinski definition) is 5. The molecule has 3 heterocycles. The second kappa shape index (κ2) is 7.31. The van der Waals surface area contributed by atoms with Gasteiger partial charge in [0, 0.05) is 57.6 Å². The SMILES string of the molecule is CC(c1cccnc1)N1CCN(CCC2OCCO2)CC1. The highest BCUT2D eigenvalue weighted by Gasteiger charge is 2.23. The van der Waals surface area contributed by atoms with Crippen molar-refractivity contribution in [1.82, 2.24) is 14.8 Å². The van der Waals surface area contributed by atoms with E-state index in [1.54, 1.807) is 0 Å². The summed E-state index contributed by atoms with van der Waals surface area (Å²) in [6.45, 7) is 9.31. The third kappa shape index (κ3) is 4.01. The predicted molar refractivity (Wildman–Crippen MR) is 81.0 cm³/mol. The lowest BCUT2D eigenvalue weighted by Gasteiger charge is -2.38. The van der Waals surface area contributed by atoms with Crippen LogP contribution in [0.15, 0.2) is 24.5 Å². The average molecular weight is 291 g/mol. The van der Waals surface area contributed by atoms with E-state index in [0.717, 1.165) is 52.4 Å². The number of piperazine rings is 1. The number of hydrogen-bond donors (Lipinski definition) is 0. The minimum absolute atomic E-state index is 0.0253. The van der Waals surface area contributed by atoms with Crippen molar-refractivity contribution in [2.75, 3.05) is 45.9 Å². The third-order valence-electron chi connectivity index (χ3n) is 4.49. The molecule has 0 bridgehead atoms. The standard InChI is InChI=1S/C16H25N3O2/c1-14(15-3-2-5-17-13-15)19-9-7-18(8-10-19)6-4-16-20-11-12-21-16/h2-3,5,13-14,16H,4,6-12H2,1H3. The second-order valence-corrected chi connectivity index (χ2v) is 5.80. The van der Waals surface area contributed by atoms with Crippen molar-refractivity contribution in [3.63, 3.8) is 0 Å². The fourth-order valence-electron chi connectivity index (χ4n) is 3.07. The van der Waals surface area contributed by atoms with Crippen LogP contribution in [0.25, 0.3) is 0 Å². The van der Waals surface area contributed by atoms with Crippen LogP contribution < -0.4 is 0 Å². The highest BCUT2D eigenvalue weighted by molar-refractivity contribution is 5.13. The maximum atomic E-state index is 5.49. The minimum atomic E-state index is 0.0253. The van der Waals surface area contributed by atoms with E-state index in [1.807, 2.05) is 18.5 Å². The van der Waals surface area contributed by atoms with Gasteiger partial charge in [-0.3, -0.25) is 9.88 Å². The molecule has 2 saturated heterocycles. The predicted octanol–water partition coefficient (Wildman–Crippen LogP) is 1.52. The molecular formula is C16H25N3O2. The van der Waals surface area contributed by atoms with Crippen LogP contribution >= 0.6 is 0 Å². The van der Waals surface area contributed by atoms with E-state index in [2.05, 4.69) is 27.8 Å². The Bertz CT molecular complexity index is 415. The molecule has 1 unspecified atom stereocenters. The molecule has 0 aliphatic carbocycles. The largest absolute Gasteiger partial charge is 0.350 e. The molecule has 5 heteroatoms. The summed E-state index contributed by atoms with van der Waals surface area (Å²) in [5.41, 5.74) is 1.30. The zero-order chi connectivity index (χ0) is 14.5. The minimum Gasteiger partial charge on any atom is -0.350 e. The Morgan fingerprint density at radius 2 is 2.00 bits per heavy atom. The van der Waals surface area contributed by atoms with Crippen LogP contribution in [0.3, 0.4) is 0 Å². The number of aromatic nitrogens is 1. The lowest BCUT2D eigenvalue weighted by molar-refractivity contribution is -0.0537. The summed E-state index contributed by atoms with van der Waals surface area (Å²) in [7, 11) is 0. The summed E-state index contributed by atoms with van der Waals surface area (Å²) in [5.74, 6) is 0. The highest BCUT2D eigenvalue weighted by atomic mass is 16.7. The Hall–Kier alpha value is -1.01. The topological polar surface area (TPSA) is 37.8 Å². The van der Waals surface area contributed by atoms with Gasteiger partial charge in [0.05, 0.1) is 13.2 Å². The molecule has 1 atom stereocenters. The van der Waals surface area contributed by atoms with Crippen LogP contribution in [0, 0.1) is 0 Å². The smallest absolute Gasteiger partial charge is 0.159 e. The van der Waals surface area contributed by atoms with Gasteiger partial charge < -0.3 is 14.4 Å². The number of rotatable bonds is 5. The van der Waals surface area contributed by atoms with Crippen molar-refractivity contribution in [2.45, 2.75) is 25.7 Å². The Labute approximate surface area is 126 Å². The lowest BCUT2D eigenvalue weighted by Crippen LogP contribution is -2.47. The van der Waals surface area contributed by atoms with Crippen LogP contribution in [-0.4, -0.2) is 67.0 Å². The molecule has 0 aromatic carbocycles. The fourth-order valence-corrected chi connectivity index (χ4v) is 3.07. The van der Waals surface area contributed by atoms with Crippen LogP contribution in [0.5, 0.6) is 0 Å². The molecule has 2 aliphatic heterocycles. The number of nitrogens with zero attached hydrogens (tertiary/aromatic N) is 3. The third-order valence-corrected chi connectivity index (χ3v) is 4.49. The first-order chi connectivity index (χ1) is 10.3. The molecule has 5 nitrogen and oxygen atoms in total. The van der Waals surface area contributed by atoms with Gasteiger partial charge in [-0.2, -0.15) is 0 Å². The summed E-state index contributed by atoms with van der Waals surface area (Å²) in [4.78, 5) is 9.27. The van der Waals surface area contributed by atoms with Gasteiger partial charge in [0.1, 0.15) is 0 Å². The normalized spacial score (nSPS) is 23.5. The van der Waals surface area contributed by atoms with Gasteiger partial charge in [-0.15, -0.1) is 0 Å². The average Bonchev–Trinajstić information content (AvgIpc) is 3.07. The zero-order valence-corrected chi connectivity index (χ0v) is 12.8. The maximum Gasteiger partial charge on any atom is 0.159 e. The van der Waals surface area contributed by atoms with Gasteiger partial charge in [-0.25, -0.2) is 0 Å². The fraction of sp³-hybridized carbons (Fsp3) is 0.688. The summed E-state index contributed by atoms with van der Waals surface area (Å²) < 4.78 is 11.0. The monoisotopic (exact) mass is 291 g/mol. The van der Waals surface area contributed by atoms with Gasteiger partial charge in [0.25, 0.3) is 0 Å². The van der Waals surface area contributed by atoms with E-state index < -0.39 is 0 Å². The Kier molecular flexibility index (Phi) is 5.19. The molecule has 0 radical (unpaired) electrons. The Morgan fingerprint density at radius 3 is 2.67 bits per heavy atom. The molecule has 0 saturated carbocycles. The van der Waals surface area contributed by atoms with E-state index in [4.69, 9.17) is 9.47 Å². The first-order valence-electron chi connectivity index (χ1n) is 7.92. The molecule has 0 spiro atoms. The summed E-state index contributed by atoms with van der Waals surface area (Å²) in [6, 6.07) is 4.63. The van der Waals surface area contributed by atoms with Crippen LogP contribution in [0.1, 0.15) is 24.9 Å². The highest BCUT2D eigenvalue weighted by Crippen LogP contribution is 2.20. The van der Waals surface area contributed by atoms with Crippen LogP contribution in [0.4, 0.5) is 0 Å².